The molecule has 5 rings (SSSR count). The normalized spacial score (nSPS) is 13.5. The summed E-state index contributed by atoms with van der Waals surface area (Å²) in [6, 6.07) is 13.3. The van der Waals surface area contributed by atoms with Crippen LogP contribution in [-0.2, 0) is 4.79 Å². The number of imidazole rings is 1. The highest BCUT2D eigenvalue weighted by Crippen LogP contribution is 2.33. The van der Waals surface area contributed by atoms with E-state index in [1.165, 1.54) is 0 Å². The molecule has 39 heavy (non-hydrogen) atoms. The van der Waals surface area contributed by atoms with Gasteiger partial charge in [-0.05, 0) is 49.3 Å². The lowest BCUT2D eigenvalue weighted by Crippen LogP contribution is -2.24. The molecule has 0 radical (unpaired) electrons. The molecule has 3 aromatic heterocycles. The molecule has 8 nitrogen and oxygen atoms in total. The first-order chi connectivity index (χ1) is 19.1. The lowest BCUT2D eigenvalue weighted by molar-refractivity contribution is -0.117. The number of nitrogen functional groups attached to an aromatic ring is 2. The molecule has 0 saturated heterocycles. The van der Waals surface area contributed by atoms with Crippen LogP contribution in [-0.4, -0.2) is 32.0 Å². The minimum atomic E-state index is -0.0856. The summed E-state index contributed by atoms with van der Waals surface area (Å²) in [7, 11) is 0. The predicted molar refractivity (Wildman–Crippen MR) is 158 cm³/mol. The summed E-state index contributed by atoms with van der Waals surface area (Å²) in [6.45, 7) is 4.41. The van der Waals surface area contributed by atoms with Crippen molar-refractivity contribution >= 4 is 34.3 Å². The van der Waals surface area contributed by atoms with Gasteiger partial charge in [-0.3, -0.25) is 9.36 Å². The molecule has 4 aromatic rings. The van der Waals surface area contributed by atoms with Gasteiger partial charge in [-0.1, -0.05) is 55.2 Å². The van der Waals surface area contributed by atoms with Crippen molar-refractivity contribution in [2.75, 3.05) is 18.0 Å². The number of nitrogens with two attached hydrogens (primary N) is 2. The van der Waals surface area contributed by atoms with Crippen LogP contribution in [0.25, 0.3) is 39.4 Å². The predicted octanol–water partition coefficient (Wildman–Crippen LogP) is 5.30. The number of para-hydroxylation sites is 1. The van der Waals surface area contributed by atoms with E-state index >= 15 is 0 Å². The van der Waals surface area contributed by atoms with E-state index in [9.17, 15) is 4.79 Å². The van der Waals surface area contributed by atoms with Crippen LogP contribution in [0.2, 0.25) is 0 Å². The zero-order valence-corrected chi connectivity index (χ0v) is 21.4. The van der Waals surface area contributed by atoms with Gasteiger partial charge < -0.3 is 16.8 Å². The molecule has 0 unspecified atom stereocenters. The maximum atomic E-state index is 12.3. The Morgan fingerprint density at radius 3 is 2.72 bits per heavy atom. The lowest BCUT2D eigenvalue weighted by atomic mass is 10.1. The largest absolute Gasteiger partial charge is 0.398 e. The summed E-state index contributed by atoms with van der Waals surface area (Å²) in [6.07, 6.45) is 18.5. The second kappa shape index (κ2) is 11.4. The fourth-order valence-corrected chi connectivity index (χ4v) is 4.41. The number of hydrogen-bond acceptors (Lipinski definition) is 6. The van der Waals surface area contributed by atoms with E-state index in [-0.39, 0.29) is 5.91 Å². The number of allylic oxidation sites excluding steroid dienone is 6. The van der Waals surface area contributed by atoms with Crippen LogP contribution in [0.1, 0.15) is 12.8 Å². The molecule has 0 fully saturated rings. The number of aromatic nitrogens is 4. The Morgan fingerprint density at radius 1 is 1.10 bits per heavy atom. The molecule has 1 aromatic carbocycles. The molecule has 194 valence electrons. The van der Waals surface area contributed by atoms with Crippen molar-refractivity contribution in [2.45, 2.75) is 12.8 Å². The van der Waals surface area contributed by atoms with Crippen molar-refractivity contribution in [1.29, 1.82) is 0 Å². The SMILES string of the molecule is C=CC(=CC=CCNC(=O)C1=CCCC=C1)n1c(-c2cccnc2N)nc2cc(-c3ccccc3N)cnc21. The minimum absolute atomic E-state index is 0.0856. The summed E-state index contributed by atoms with van der Waals surface area (Å²) in [4.78, 5) is 26.2. The van der Waals surface area contributed by atoms with Crippen LogP contribution >= 0.6 is 0 Å². The number of fused-ring (bicyclic) bond motifs is 1. The van der Waals surface area contributed by atoms with Crippen LogP contribution in [0.15, 0.2) is 110 Å². The minimum Gasteiger partial charge on any atom is -0.398 e. The Labute approximate surface area is 226 Å². The Kier molecular flexibility index (Phi) is 7.45. The molecule has 1 aliphatic rings. The van der Waals surface area contributed by atoms with Crippen molar-refractivity contribution in [1.82, 2.24) is 24.8 Å². The molecular weight excluding hydrogens is 486 g/mol. The Balaban J connectivity index is 1.50. The van der Waals surface area contributed by atoms with Crippen LogP contribution < -0.4 is 16.8 Å². The first-order valence-corrected chi connectivity index (χ1v) is 12.7. The summed E-state index contributed by atoms with van der Waals surface area (Å²) in [5.74, 6) is 0.858. The van der Waals surface area contributed by atoms with Crippen molar-refractivity contribution in [3.63, 3.8) is 0 Å². The van der Waals surface area contributed by atoms with Crippen molar-refractivity contribution < 1.29 is 4.79 Å². The third-order valence-corrected chi connectivity index (χ3v) is 6.36. The zero-order valence-electron chi connectivity index (χ0n) is 21.4. The number of nitrogens with one attached hydrogen (secondary N) is 1. The average molecular weight is 516 g/mol. The molecule has 1 aliphatic carbocycles. The molecule has 0 atom stereocenters. The van der Waals surface area contributed by atoms with Gasteiger partial charge in [-0.15, -0.1) is 0 Å². The van der Waals surface area contributed by atoms with Gasteiger partial charge in [0.1, 0.15) is 11.3 Å². The molecule has 0 saturated carbocycles. The monoisotopic (exact) mass is 515 g/mol. The molecule has 8 heteroatoms. The fourth-order valence-electron chi connectivity index (χ4n) is 4.41. The number of hydrogen-bond donors (Lipinski definition) is 3. The highest BCUT2D eigenvalue weighted by Gasteiger charge is 2.19. The molecule has 0 aliphatic heterocycles. The molecule has 5 N–H and O–H groups in total. The van der Waals surface area contributed by atoms with Gasteiger partial charge in [0.15, 0.2) is 11.5 Å². The zero-order chi connectivity index (χ0) is 27.2. The molecular formula is C31H29N7O. The lowest BCUT2D eigenvalue weighted by Gasteiger charge is -2.11. The van der Waals surface area contributed by atoms with Gasteiger partial charge in [-0.2, -0.15) is 0 Å². The van der Waals surface area contributed by atoms with Gasteiger partial charge in [0.25, 0.3) is 5.91 Å². The van der Waals surface area contributed by atoms with E-state index in [2.05, 4.69) is 16.9 Å². The summed E-state index contributed by atoms with van der Waals surface area (Å²) in [5.41, 5.74) is 18.3. The fraction of sp³-hybridized carbons (Fsp3) is 0.0968. The molecule has 1 amide bonds. The third kappa shape index (κ3) is 5.40. The third-order valence-electron chi connectivity index (χ3n) is 6.36. The van der Waals surface area contributed by atoms with E-state index in [0.29, 0.717) is 46.2 Å². The van der Waals surface area contributed by atoms with Crippen LogP contribution in [0.3, 0.4) is 0 Å². The Hall–Kier alpha value is -5.24. The van der Waals surface area contributed by atoms with Crippen molar-refractivity contribution in [3.05, 3.63) is 110 Å². The molecule has 0 spiro atoms. The van der Waals surface area contributed by atoms with Crippen molar-refractivity contribution in [2.24, 2.45) is 0 Å². The number of pyridine rings is 2. The van der Waals surface area contributed by atoms with E-state index < -0.39 is 0 Å². The van der Waals surface area contributed by atoms with Crippen LogP contribution in [0.4, 0.5) is 11.5 Å². The van der Waals surface area contributed by atoms with Gasteiger partial charge >= 0.3 is 0 Å². The first-order valence-electron chi connectivity index (χ1n) is 12.7. The van der Waals surface area contributed by atoms with Gasteiger partial charge in [0, 0.05) is 47.0 Å². The number of anilines is 2. The van der Waals surface area contributed by atoms with E-state index in [4.69, 9.17) is 21.4 Å². The van der Waals surface area contributed by atoms with Gasteiger partial charge in [0.2, 0.25) is 0 Å². The van der Waals surface area contributed by atoms with E-state index in [1.54, 1.807) is 18.5 Å². The number of carbonyl (C=O) groups is 1. The Morgan fingerprint density at radius 2 is 1.95 bits per heavy atom. The smallest absolute Gasteiger partial charge is 0.251 e. The Bertz CT molecular complexity index is 1670. The molecule has 3 heterocycles. The highest BCUT2D eigenvalue weighted by molar-refractivity contribution is 5.96. The number of carbonyl (C=O) groups excluding carboxylic acids is 1. The average Bonchev–Trinajstić information content (AvgIpc) is 3.34. The standard InChI is InChI=1S/C31H29N7O/c1-2-23(13-8-9-17-35-31(39)21-11-4-3-5-12-21)38-29(25-15-10-18-34-28(25)33)37-27-19-22(20-36-30(27)38)24-14-6-7-16-26(24)32/h2,4,6-16,18-20H,1,3,5,17,32H2,(H2,33,34)(H,35,39). The van der Waals surface area contributed by atoms with E-state index in [1.807, 2.05) is 83.5 Å². The summed E-state index contributed by atoms with van der Waals surface area (Å²) < 4.78 is 1.90. The summed E-state index contributed by atoms with van der Waals surface area (Å²) >= 11 is 0. The van der Waals surface area contributed by atoms with E-state index in [0.717, 1.165) is 29.7 Å². The number of rotatable bonds is 8. The summed E-state index contributed by atoms with van der Waals surface area (Å²) in [5, 5.41) is 2.91. The van der Waals surface area contributed by atoms with Crippen molar-refractivity contribution in [3.8, 4) is 22.5 Å². The van der Waals surface area contributed by atoms with Gasteiger partial charge in [-0.25, -0.2) is 15.0 Å². The molecule has 0 bridgehead atoms. The van der Waals surface area contributed by atoms with Gasteiger partial charge in [0.05, 0.1) is 5.56 Å². The highest BCUT2D eigenvalue weighted by atomic mass is 16.1. The quantitative estimate of drug-likeness (QED) is 0.216. The number of nitrogens with zero attached hydrogens (tertiary/aromatic N) is 4. The number of benzene rings is 1. The maximum absolute atomic E-state index is 12.3. The first kappa shape index (κ1) is 25.4. The maximum Gasteiger partial charge on any atom is 0.251 e. The topological polar surface area (TPSA) is 125 Å². The number of amides is 1. The van der Waals surface area contributed by atoms with Crippen LogP contribution in [0, 0.1) is 0 Å². The second-order valence-electron chi connectivity index (χ2n) is 8.93. The van der Waals surface area contributed by atoms with Crippen LogP contribution in [0.5, 0.6) is 0 Å². The second-order valence-corrected chi connectivity index (χ2v) is 8.93.